The van der Waals surface area contributed by atoms with Crippen LogP contribution in [0.25, 0.3) is 0 Å². The number of carbonyl (C=O) groups is 1. The zero-order chi connectivity index (χ0) is 22.4. The van der Waals surface area contributed by atoms with Gasteiger partial charge in [0.2, 0.25) is 0 Å². The van der Waals surface area contributed by atoms with Crippen LogP contribution in [0.4, 0.5) is 8.78 Å². The Kier molecular flexibility index (Phi) is 8.40. The third-order valence-corrected chi connectivity index (χ3v) is 6.21. The first-order chi connectivity index (χ1) is 14.8. The minimum atomic E-state index is -1.04. The SMILES string of the molecule is O=C(O)CCCC1CCC2C(CC(O)C2C=CC(O)COc2cc(F)ccc2F)OC1. The van der Waals surface area contributed by atoms with Crippen LogP contribution in [0.15, 0.2) is 30.4 Å². The maximum Gasteiger partial charge on any atom is 0.303 e. The average Bonchev–Trinajstić information content (AvgIpc) is 2.88. The summed E-state index contributed by atoms with van der Waals surface area (Å²) in [6.07, 6.45) is 5.47. The van der Waals surface area contributed by atoms with Gasteiger partial charge in [0.1, 0.15) is 18.5 Å². The molecule has 6 nitrogen and oxygen atoms in total. The van der Waals surface area contributed by atoms with Gasteiger partial charge in [-0.15, -0.1) is 0 Å². The summed E-state index contributed by atoms with van der Waals surface area (Å²) in [6.45, 7) is 0.329. The Bertz CT molecular complexity index is 770. The molecule has 0 aromatic heterocycles. The van der Waals surface area contributed by atoms with E-state index in [4.69, 9.17) is 14.6 Å². The van der Waals surface area contributed by atoms with Crippen molar-refractivity contribution in [2.75, 3.05) is 13.2 Å². The highest BCUT2D eigenvalue weighted by Crippen LogP contribution is 2.42. The van der Waals surface area contributed by atoms with Crippen LogP contribution in [0.3, 0.4) is 0 Å². The van der Waals surface area contributed by atoms with Crippen molar-refractivity contribution in [1.29, 1.82) is 0 Å². The third-order valence-electron chi connectivity index (χ3n) is 6.21. The summed E-state index contributed by atoms with van der Waals surface area (Å²) in [5, 5.41) is 29.4. The van der Waals surface area contributed by atoms with E-state index < -0.39 is 29.8 Å². The molecule has 6 unspecified atom stereocenters. The predicted molar refractivity (Wildman–Crippen MR) is 109 cm³/mol. The van der Waals surface area contributed by atoms with Gasteiger partial charge in [-0.2, -0.15) is 0 Å². The smallest absolute Gasteiger partial charge is 0.303 e. The Morgan fingerprint density at radius 2 is 2.13 bits per heavy atom. The highest BCUT2D eigenvalue weighted by molar-refractivity contribution is 5.66. The normalized spacial score (nSPS) is 29.5. The quantitative estimate of drug-likeness (QED) is 0.510. The molecule has 1 aromatic rings. The predicted octanol–water partition coefficient (Wildman–Crippen LogP) is 3.31. The summed E-state index contributed by atoms with van der Waals surface area (Å²) in [7, 11) is 0. The lowest BCUT2D eigenvalue weighted by atomic mass is 9.86. The third kappa shape index (κ3) is 6.72. The van der Waals surface area contributed by atoms with E-state index in [1.165, 1.54) is 6.08 Å². The van der Waals surface area contributed by atoms with Crippen LogP contribution >= 0.6 is 0 Å². The molecular weight excluding hydrogens is 410 g/mol. The maximum absolute atomic E-state index is 13.6. The molecule has 1 saturated carbocycles. The summed E-state index contributed by atoms with van der Waals surface area (Å²) in [5.74, 6) is -2.14. The number of aliphatic hydroxyl groups is 2. The van der Waals surface area contributed by atoms with Crippen LogP contribution in [0.5, 0.6) is 5.75 Å². The Labute approximate surface area is 180 Å². The standard InChI is InChI=1S/C23H30F2O6/c24-15-5-9-19(25)22(10-15)31-13-16(26)6-8-17-18-7-4-14(2-1-3-23(28)29)12-30-21(18)11-20(17)27/h5-6,8-10,14,16-18,20-21,26-27H,1-4,7,11-13H2,(H,28,29). The molecule has 3 rings (SSSR count). The Balaban J connectivity index is 1.51. The molecule has 1 aromatic carbocycles. The Morgan fingerprint density at radius 1 is 1.32 bits per heavy atom. The largest absolute Gasteiger partial charge is 0.487 e. The number of carboxylic acid groups (broad SMARTS) is 1. The van der Waals surface area contributed by atoms with Crippen molar-refractivity contribution in [3.05, 3.63) is 42.0 Å². The highest BCUT2D eigenvalue weighted by atomic mass is 19.1. The van der Waals surface area contributed by atoms with Gasteiger partial charge in [0.05, 0.1) is 12.2 Å². The second-order valence-corrected chi connectivity index (χ2v) is 8.48. The highest BCUT2D eigenvalue weighted by Gasteiger charge is 2.43. The number of hydrogen-bond acceptors (Lipinski definition) is 5. The van der Waals surface area contributed by atoms with Crippen LogP contribution in [0, 0.1) is 29.4 Å². The Hall–Kier alpha value is -2.03. The van der Waals surface area contributed by atoms with Crippen LogP contribution in [-0.4, -0.2) is 52.8 Å². The van der Waals surface area contributed by atoms with Gasteiger partial charge >= 0.3 is 5.97 Å². The van der Waals surface area contributed by atoms with Crippen LogP contribution in [0.2, 0.25) is 0 Å². The van der Waals surface area contributed by atoms with E-state index >= 15 is 0 Å². The first-order valence-corrected chi connectivity index (χ1v) is 10.8. The van der Waals surface area contributed by atoms with Gasteiger partial charge in [-0.25, -0.2) is 8.78 Å². The molecule has 6 atom stereocenters. The van der Waals surface area contributed by atoms with Crippen molar-refractivity contribution >= 4 is 5.97 Å². The van der Waals surface area contributed by atoms with Gasteiger partial charge in [-0.3, -0.25) is 4.79 Å². The second kappa shape index (κ2) is 11.0. The molecule has 1 aliphatic heterocycles. The van der Waals surface area contributed by atoms with Crippen LogP contribution in [0.1, 0.15) is 38.5 Å². The number of benzene rings is 1. The lowest BCUT2D eigenvalue weighted by Crippen LogP contribution is -2.22. The number of rotatable bonds is 9. The molecule has 1 saturated heterocycles. The lowest BCUT2D eigenvalue weighted by Gasteiger charge is -2.21. The fraction of sp³-hybridized carbons (Fsp3) is 0.609. The fourth-order valence-electron chi connectivity index (χ4n) is 4.56. The number of ether oxygens (including phenoxy) is 2. The molecule has 8 heteroatoms. The summed E-state index contributed by atoms with van der Waals surface area (Å²) >= 11 is 0. The number of fused-ring (bicyclic) bond motifs is 1. The molecule has 31 heavy (non-hydrogen) atoms. The van der Waals surface area contributed by atoms with Crippen molar-refractivity contribution in [1.82, 2.24) is 0 Å². The van der Waals surface area contributed by atoms with Gasteiger partial charge in [-0.05, 0) is 49.7 Å². The molecule has 3 N–H and O–H groups in total. The van der Waals surface area contributed by atoms with E-state index in [9.17, 15) is 23.8 Å². The van der Waals surface area contributed by atoms with Gasteiger partial charge in [-0.1, -0.05) is 12.2 Å². The first-order valence-electron chi connectivity index (χ1n) is 10.8. The lowest BCUT2D eigenvalue weighted by molar-refractivity contribution is -0.137. The topological polar surface area (TPSA) is 96.2 Å². The number of carboxylic acids is 1. The molecule has 0 bridgehead atoms. The summed E-state index contributed by atoms with van der Waals surface area (Å²) in [6, 6.07) is 2.87. The van der Waals surface area contributed by atoms with E-state index in [1.54, 1.807) is 6.08 Å². The molecule has 172 valence electrons. The van der Waals surface area contributed by atoms with Crippen molar-refractivity contribution in [2.24, 2.45) is 17.8 Å². The molecular formula is C23H30F2O6. The summed E-state index contributed by atoms with van der Waals surface area (Å²) in [5.41, 5.74) is 0. The minimum Gasteiger partial charge on any atom is -0.487 e. The van der Waals surface area contributed by atoms with E-state index in [-0.39, 0.29) is 36.7 Å². The molecule has 2 fully saturated rings. The number of aliphatic carboxylic acids is 1. The molecule has 0 amide bonds. The zero-order valence-electron chi connectivity index (χ0n) is 17.3. The van der Waals surface area contributed by atoms with Crippen molar-refractivity contribution < 1.29 is 38.4 Å². The second-order valence-electron chi connectivity index (χ2n) is 8.48. The van der Waals surface area contributed by atoms with Crippen molar-refractivity contribution in [2.45, 2.75) is 56.8 Å². The minimum absolute atomic E-state index is 0.0658. The summed E-state index contributed by atoms with van der Waals surface area (Å²) in [4.78, 5) is 10.7. The van der Waals surface area contributed by atoms with Gasteiger partial charge in [0.15, 0.2) is 11.6 Å². The molecule has 0 spiro atoms. The summed E-state index contributed by atoms with van der Waals surface area (Å²) < 4.78 is 38.0. The van der Waals surface area contributed by atoms with Gasteiger partial charge in [0, 0.05) is 31.4 Å². The fourth-order valence-corrected chi connectivity index (χ4v) is 4.56. The van der Waals surface area contributed by atoms with E-state index in [0.717, 1.165) is 37.5 Å². The molecule has 0 radical (unpaired) electrons. The van der Waals surface area contributed by atoms with E-state index in [1.807, 2.05) is 0 Å². The zero-order valence-corrected chi connectivity index (χ0v) is 17.3. The number of aliphatic hydroxyl groups excluding tert-OH is 2. The number of hydrogen-bond donors (Lipinski definition) is 3. The van der Waals surface area contributed by atoms with Crippen molar-refractivity contribution in [3.63, 3.8) is 0 Å². The number of halogens is 2. The first kappa shape index (κ1) is 23.6. The maximum atomic E-state index is 13.6. The van der Waals surface area contributed by atoms with E-state index in [2.05, 4.69) is 0 Å². The van der Waals surface area contributed by atoms with Crippen LogP contribution < -0.4 is 4.74 Å². The van der Waals surface area contributed by atoms with E-state index in [0.29, 0.717) is 25.4 Å². The van der Waals surface area contributed by atoms with Crippen molar-refractivity contribution in [3.8, 4) is 5.75 Å². The molecule has 1 heterocycles. The van der Waals surface area contributed by atoms with Crippen LogP contribution in [-0.2, 0) is 9.53 Å². The monoisotopic (exact) mass is 440 g/mol. The van der Waals surface area contributed by atoms with Gasteiger partial charge in [0.25, 0.3) is 0 Å². The average molecular weight is 440 g/mol. The molecule has 1 aliphatic carbocycles. The Morgan fingerprint density at radius 3 is 2.90 bits per heavy atom. The van der Waals surface area contributed by atoms with Gasteiger partial charge < -0.3 is 24.8 Å². The molecule has 2 aliphatic rings.